The third-order valence-electron chi connectivity index (χ3n) is 4.33. The number of nitrogens with zero attached hydrogens (tertiary/aromatic N) is 1. The molecule has 24 heavy (non-hydrogen) atoms. The fourth-order valence-corrected chi connectivity index (χ4v) is 2.91. The van der Waals surface area contributed by atoms with Gasteiger partial charge in [0.15, 0.2) is 5.78 Å². The molecule has 1 aromatic rings. The lowest BCUT2D eigenvalue weighted by Gasteiger charge is -2.31. The Morgan fingerprint density at radius 3 is 2.50 bits per heavy atom. The molecular weight excluding hydrogens is 311 g/mol. The van der Waals surface area contributed by atoms with E-state index >= 15 is 0 Å². The smallest absolute Gasteiger partial charge is 0.317 e. The van der Waals surface area contributed by atoms with Crippen molar-refractivity contribution < 1.29 is 18.7 Å². The zero-order valence-corrected chi connectivity index (χ0v) is 14.3. The van der Waals surface area contributed by atoms with E-state index in [0.717, 1.165) is 0 Å². The van der Waals surface area contributed by atoms with Gasteiger partial charge >= 0.3 is 6.03 Å². The van der Waals surface area contributed by atoms with E-state index < -0.39 is 0 Å². The maximum Gasteiger partial charge on any atom is 0.317 e. The standard InChI is InChI=1S/C18H25FN2O3/c1-13(12-24-2)11-20-18(23)21-9-7-15(8-10-21)17(22)14-3-5-16(19)6-4-14/h3-6,13,15H,7-12H2,1-2H3,(H,20,23). The van der Waals surface area contributed by atoms with Crippen molar-refractivity contribution in [3.63, 3.8) is 0 Å². The van der Waals surface area contributed by atoms with Crippen molar-refractivity contribution >= 4 is 11.8 Å². The number of urea groups is 1. The second-order valence-corrected chi connectivity index (χ2v) is 6.38. The maximum atomic E-state index is 12.9. The molecule has 5 nitrogen and oxygen atoms in total. The van der Waals surface area contributed by atoms with Crippen LogP contribution >= 0.6 is 0 Å². The Bertz CT molecular complexity index is 554. The highest BCUT2D eigenvalue weighted by atomic mass is 19.1. The number of carbonyl (C=O) groups is 2. The predicted molar refractivity (Wildman–Crippen MR) is 89.5 cm³/mol. The minimum Gasteiger partial charge on any atom is -0.384 e. The van der Waals surface area contributed by atoms with Crippen molar-refractivity contribution in [3.05, 3.63) is 35.6 Å². The lowest BCUT2D eigenvalue weighted by atomic mass is 9.89. The molecule has 1 unspecified atom stereocenters. The van der Waals surface area contributed by atoms with Gasteiger partial charge in [-0.25, -0.2) is 9.18 Å². The lowest BCUT2D eigenvalue weighted by molar-refractivity contribution is 0.0853. The number of methoxy groups -OCH3 is 1. The van der Waals surface area contributed by atoms with Crippen molar-refractivity contribution in [2.75, 3.05) is 33.4 Å². The number of ether oxygens (including phenoxy) is 1. The summed E-state index contributed by atoms with van der Waals surface area (Å²) < 4.78 is 18.0. The zero-order valence-electron chi connectivity index (χ0n) is 14.3. The fraction of sp³-hybridized carbons (Fsp3) is 0.556. The average molecular weight is 336 g/mol. The van der Waals surface area contributed by atoms with Crippen molar-refractivity contribution in [2.24, 2.45) is 11.8 Å². The Labute approximate surface area is 142 Å². The quantitative estimate of drug-likeness (QED) is 0.813. The summed E-state index contributed by atoms with van der Waals surface area (Å²) in [5.41, 5.74) is 0.535. The summed E-state index contributed by atoms with van der Waals surface area (Å²) in [6.45, 7) is 4.30. The molecule has 1 fully saturated rings. The molecule has 2 amide bonds. The normalized spacial score (nSPS) is 16.7. The predicted octanol–water partition coefficient (Wildman–Crippen LogP) is 2.71. The second-order valence-electron chi connectivity index (χ2n) is 6.38. The Kier molecular flexibility index (Phi) is 6.73. The van der Waals surface area contributed by atoms with Crippen LogP contribution in [-0.2, 0) is 4.74 Å². The molecule has 0 radical (unpaired) electrons. The van der Waals surface area contributed by atoms with E-state index in [9.17, 15) is 14.0 Å². The van der Waals surface area contributed by atoms with E-state index in [0.29, 0.717) is 44.6 Å². The summed E-state index contributed by atoms with van der Waals surface area (Å²) in [6, 6.07) is 5.56. The molecule has 1 aliphatic rings. The van der Waals surface area contributed by atoms with Gasteiger partial charge in [0, 0.05) is 38.2 Å². The van der Waals surface area contributed by atoms with Crippen molar-refractivity contribution in [3.8, 4) is 0 Å². The molecule has 1 aromatic carbocycles. The van der Waals surface area contributed by atoms with Crippen LogP contribution in [-0.4, -0.2) is 50.1 Å². The van der Waals surface area contributed by atoms with Crippen LogP contribution in [0.4, 0.5) is 9.18 Å². The van der Waals surface area contributed by atoms with E-state index in [1.54, 1.807) is 12.0 Å². The van der Waals surface area contributed by atoms with Crippen LogP contribution in [0.2, 0.25) is 0 Å². The molecule has 1 heterocycles. The number of carbonyl (C=O) groups excluding carboxylic acids is 2. The number of piperidine rings is 1. The highest BCUT2D eigenvalue weighted by molar-refractivity contribution is 5.98. The first-order chi connectivity index (χ1) is 11.5. The SMILES string of the molecule is COCC(C)CNC(=O)N1CCC(C(=O)c2ccc(F)cc2)CC1. The fourth-order valence-electron chi connectivity index (χ4n) is 2.91. The largest absolute Gasteiger partial charge is 0.384 e. The first-order valence-electron chi connectivity index (χ1n) is 8.32. The van der Waals surface area contributed by atoms with Gasteiger partial charge in [0.2, 0.25) is 0 Å². The molecule has 132 valence electrons. The number of ketones is 1. The number of Topliss-reactive ketones (excluding diaryl/α,β-unsaturated/α-hetero) is 1. The molecule has 2 rings (SSSR count). The molecule has 1 atom stereocenters. The minimum absolute atomic E-state index is 0.0313. The molecular formula is C18H25FN2O3. The minimum atomic E-state index is -0.347. The molecule has 1 aliphatic heterocycles. The summed E-state index contributed by atoms with van der Waals surface area (Å²) in [5, 5.41) is 2.90. The second kappa shape index (κ2) is 8.78. The first kappa shape index (κ1) is 18.4. The number of halogens is 1. The summed E-state index contributed by atoms with van der Waals surface area (Å²) in [5.74, 6) is -0.159. The van der Waals surface area contributed by atoms with Crippen LogP contribution in [0.15, 0.2) is 24.3 Å². The van der Waals surface area contributed by atoms with E-state index in [2.05, 4.69) is 5.32 Å². The third-order valence-corrected chi connectivity index (χ3v) is 4.33. The van der Waals surface area contributed by atoms with Gasteiger partial charge in [-0.05, 0) is 43.0 Å². The van der Waals surface area contributed by atoms with Gasteiger partial charge in [0.1, 0.15) is 5.82 Å². The van der Waals surface area contributed by atoms with E-state index in [1.807, 2.05) is 6.92 Å². The Hall–Kier alpha value is -1.95. The highest BCUT2D eigenvalue weighted by Crippen LogP contribution is 2.22. The number of hydrogen-bond acceptors (Lipinski definition) is 3. The third kappa shape index (κ3) is 5.03. The van der Waals surface area contributed by atoms with Gasteiger partial charge in [-0.3, -0.25) is 4.79 Å². The van der Waals surface area contributed by atoms with Crippen molar-refractivity contribution in [1.29, 1.82) is 0 Å². The summed E-state index contributed by atoms with van der Waals surface area (Å²) in [4.78, 5) is 26.3. The van der Waals surface area contributed by atoms with Crippen molar-refractivity contribution in [2.45, 2.75) is 19.8 Å². The highest BCUT2D eigenvalue weighted by Gasteiger charge is 2.28. The summed E-state index contributed by atoms with van der Waals surface area (Å²) in [7, 11) is 1.64. The first-order valence-corrected chi connectivity index (χ1v) is 8.32. The molecule has 0 spiro atoms. The van der Waals surface area contributed by atoms with Gasteiger partial charge in [-0.1, -0.05) is 6.92 Å². The number of benzene rings is 1. The number of rotatable bonds is 6. The van der Waals surface area contributed by atoms with Crippen LogP contribution in [0.5, 0.6) is 0 Å². The van der Waals surface area contributed by atoms with Gasteiger partial charge in [0.05, 0.1) is 6.61 Å². The van der Waals surface area contributed by atoms with Crippen LogP contribution < -0.4 is 5.32 Å². The zero-order chi connectivity index (χ0) is 17.5. The van der Waals surface area contributed by atoms with Gasteiger partial charge in [0.25, 0.3) is 0 Å². The van der Waals surface area contributed by atoms with Crippen LogP contribution in [0.25, 0.3) is 0 Å². The number of hydrogen-bond donors (Lipinski definition) is 1. The number of likely N-dealkylation sites (tertiary alicyclic amines) is 1. The number of nitrogens with one attached hydrogen (secondary N) is 1. The monoisotopic (exact) mass is 336 g/mol. The molecule has 0 bridgehead atoms. The Morgan fingerprint density at radius 1 is 1.29 bits per heavy atom. The van der Waals surface area contributed by atoms with E-state index in [-0.39, 0.29) is 29.5 Å². The van der Waals surface area contributed by atoms with Gasteiger partial charge in [-0.2, -0.15) is 0 Å². The van der Waals surface area contributed by atoms with Crippen LogP contribution in [0, 0.1) is 17.7 Å². The number of amides is 2. The Morgan fingerprint density at radius 2 is 1.92 bits per heavy atom. The van der Waals surface area contributed by atoms with Crippen molar-refractivity contribution in [1.82, 2.24) is 10.2 Å². The molecule has 0 saturated carbocycles. The van der Waals surface area contributed by atoms with Crippen LogP contribution in [0.1, 0.15) is 30.1 Å². The van der Waals surface area contributed by atoms with Crippen LogP contribution in [0.3, 0.4) is 0 Å². The molecule has 6 heteroatoms. The summed E-state index contributed by atoms with van der Waals surface area (Å²) >= 11 is 0. The molecule has 0 aliphatic carbocycles. The molecule has 1 N–H and O–H groups in total. The van der Waals surface area contributed by atoms with E-state index in [1.165, 1.54) is 24.3 Å². The Balaban J connectivity index is 1.79. The molecule has 1 saturated heterocycles. The lowest BCUT2D eigenvalue weighted by Crippen LogP contribution is -2.46. The summed E-state index contributed by atoms with van der Waals surface area (Å²) in [6.07, 6.45) is 1.27. The van der Waals surface area contributed by atoms with Gasteiger partial charge in [-0.15, -0.1) is 0 Å². The average Bonchev–Trinajstić information content (AvgIpc) is 2.60. The van der Waals surface area contributed by atoms with Gasteiger partial charge < -0.3 is 15.0 Å². The maximum absolute atomic E-state index is 12.9. The topological polar surface area (TPSA) is 58.6 Å². The molecule has 0 aromatic heterocycles. The van der Waals surface area contributed by atoms with E-state index in [4.69, 9.17) is 4.74 Å².